The summed E-state index contributed by atoms with van der Waals surface area (Å²) in [7, 11) is 0. The van der Waals surface area contributed by atoms with Crippen molar-refractivity contribution in [1.82, 2.24) is 15.1 Å². The van der Waals surface area contributed by atoms with Crippen LogP contribution in [0.3, 0.4) is 0 Å². The molecule has 7 heteroatoms. The Morgan fingerprint density at radius 3 is 2.11 bits per heavy atom. The van der Waals surface area contributed by atoms with Crippen molar-refractivity contribution in [1.29, 1.82) is 0 Å². The van der Waals surface area contributed by atoms with E-state index in [1.54, 1.807) is 6.92 Å². The van der Waals surface area contributed by atoms with Gasteiger partial charge >= 0.3 is 5.97 Å². The van der Waals surface area contributed by atoms with Crippen LogP contribution in [0.4, 0.5) is 0 Å². The number of carbonyl (C=O) groups excluding carboxylic acids is 3. The molecule has 0 aromatic carbocycles. The summed E-state index contributed by atoms with van der Waals surface area (Å²) in [5.41, 5.74) is 1.53. The molecule has 0 radical (unpaired) electrons. The van der Waals surface area contributed by atoms with Gasteiger partial charge in [-0.15, -0.1) is 0 Å². The summed E-state index contributed by atoms with van der Waals surface area (Å²) in [5.74, 6) is 2.81. The predicted octanol–water partition coefficient (Wildman–Crippen LogP) is 8.27. The van der Waals surface area contributed by atoms with Crippen LogP contribution in [0.2, 0.25) is 0 Å². The number of rotatable bonds is 6. The number of fused-ring (bicyclic) bond motifs is 6. The van der Waals surface area contributed by atoms with Gasteiger partial charge in [0.05, 0.1) is 5.41 Å². The first kappa shape index (κ1) is 38.0. The van der Waals surface area contributed by atoms with Crippen LogP contribution in [0, 0.1) is 73.4 Å². The molecule has 1 heterocycles. The Bertz CT molecular complexity index is 1570. The Kier molecular flexibility index (Phi) is 8.65. The van der Waals surface area contributed by atoms with Gasteiger partial charge in [-0.2, -0.15) is 0 Å². The van der Waals surface area contributed by atoms with Crippen LogP contribution in [-0.4, -0.2) is 72.5 Å². The number of hydrogen-bond donors (Lipinski definition) is 1. The highest BCUT2D eigenvalue weighted by atomic mass is 16.5. The van der Waals surface area contributed by atoms with Crippen molar-refractivity contribution in [3.8, 4) is 0 Å². The molecule has 0 bridgehead atoms. The van der Waals surface area contributed by atoms with Crippen molar-refractivity contribution in [2.45, 2.75) is 152 Å². The van der Waals surface area contributed by atoms with Crippen molar-refractivity contribution in [2.24, 2.45) is 73.4 Å². The van der Waals surface area contributed by atoms with Crippen LogP contribution >= 0.6 is 0 Å². The average molecular weight is 732 g/mol. The van der Waals surface area contributed by atoms with E-state index in [9.17, 15) is 9.59 Å². The zero-order valence-corrected chi connectivity index (χ0v) is 35.2. The highest BCUT2D eigenvalue weighted by Gasteiger charge is 2.86. The summed E-state index contributed by atoms with van der Waals surface area (Å²) in [6, 6.07) is 0.0350. The number of nitrogens with zero attached hydrogens (tertiary/aromatic N) is 2. The maximum Gasteiger partial charge on any atom is 0.302 e. The molecule has 296 valence electrons. The topological polar surface area (TPSA) is 79.0 Å². The third-order valence-electron chi connectivity index (χ3n) is 20.5. The molecular formula is C46H73N3O4. The van der Waals surface area contributed by atoms with E-state index in [-0.39, 0.29) is 73.8 Å². The molecule has 1 N–H and O–H groups in total. The third kappa shape index (κ3) is 4.64. The molecule has 2 unspecified atom stereocenters. The van der Waals surface area contributed by atoms with Crippen molar-refractivity contribution in [2.75, 3.05) is 32.7 Å². The van der Waals surface area contributed by atoms with Crippen molar-refractivity contribution < 1.29 is 19.1 Å². The Labute approximate surface area is 321 Å². The van der Waals surface area contributed by atoms with Crippen LogP contribution < -0.4 is 5.32 Å². The largest absolute Gasteiger partial charge is 0.462 e. The highest BCUT2D eigenvalue weighted by Crippen LogP contribution is 2.90. The number of ether oxygens (including phenoxy) is 1. The molecular weight excluding hydrogens is 659 g/mol. The van der Waals surface area contributed by atoms with Gasteiger partial charge in [-0.1, -0.05) is 67.5 Å². The number of amides is 2. The van der Waals surface area contributed by atoms with E-state index in [4.69, 9.17) is 4.74 Å². The number of carbonyl (C=O) groups is 3. The van der Waals surface area contributed by atoms with Crippen LogP contribution in [0.25, 0.3) is 0 Å². The number of allylic oxidation sites excluding steroid dienone is 1. The van der Waals surface area contributed by atoms with Gasteiger partial charge in [0.2, 0.25) is 11.8 Å². The molecule has 7 aliphatic carbocycles. The van der Waals surface area contributed by atoms with Crippen LogP contribution in [0.1, 0.15) is 140 Å². The molecule has 14 atom stereocenters. The van der Waals surface area contributed by atoms with Crippen molar-refractivity contribution >= 4 is 17.8 Å². The van der Waals surface area contributed by atoms with Crippen LogP contribution in [-0.2, 0) is 19.1 Å². The van der Waals surface area contributed by atoms with Gasteiger partial charge in [0.15, 0.2) is 0 Å². The Balaban J connectivity index is 1.03. The Morgan fingerprint density at radius 1 is 0.811 bits per heavy atom. The molecule has 8 fully saturated rings. The molecule has 7 nitrogen and oxygen atoms in total. The Hall–Kier alpha value is -1.89. The molecule has 0 aromatic rings. The van der Waals surface area contributed by atoms with E-state index in [1.807, 2.05) is 0 Å². The smallest absolute Gasteiger partial charge is 0.302 e. The summed E-state index contributed by atoms with van der Waals surface area (Å²) < 4.78 is 6.09. The van der Waals surface area contributed by atoms with E-state index in [0.717, 1.165) is 77.7 Å². The summed E-state index contributed by atoms with van der Waals surface area (Å²) in [4.78, 5) is 45.5. The minimum Gasteiger partial charge on any atom is -0.462 e. The van der Waals surface area contributed by atoms with E-state index < -0.39 is 0 Å². The van der Waals surface area contributed by atoms with Gasteiger partial charge < -0.3 is 19.9 Å². The van der Waals surface area contributed by atoms with E-state index >= 15 is 4.79 Å². The van der Waals surface area contributed by atoms with Gasteiger partial charge in [0.1, 0.15) is 6.10 Å². The fraction of sp³-hybridized carbons (Fsp3) is 0.891. The second kappa shape index (κ2) is 12.1. The summed E-state index contributed by atoms with van der Waals surface area (Å²) in [6.45, 7) is 32.5. The molecule has 1 saturated heterocycles. The second-order valence-corrected chi connectivity index (χ2v) is 21.7. The monoisotopic (exact) mass is 732 g/mol. The van der Waals surface area contributed by atoms with Crippen LogP contribution in [0.5, 0.6) is 0 Å². The summed E-state index contributed by atoms with van der Waals surface area (Å²) >= 11 is 0. The summed E-state index contributed by atoms with van der Waals surface area (Å²) in [5, 5.41) is 3.67. The van der Waals surface area contributed by atoms with Crippen LogP contribution in [0.15, 0.2) is 12.2 Å². The van der Waals surface area contributed by atoms with Gasteiger partial charge in [-0.05, 0) is 141 Å². The SMILES string of the molecule is C=C(C)[C@@H]1CC[C@]2(C(=O)N[C@H]3C[C@@H](C(=O)N4CCN(CC)CC4)C3(C)C)CC[C@]3(C)[C@H](CC[C@H]4[C@@]3(C)CC[C@@]35C(C)C3(C)[C@@H](OC(C)=O)CC[C@]45C)[C@@H]12. The van der Waals surface area contributed by atoms with Gasteiger partial charge in [-0.25, -0.2) is 0 Å². The number of piperazine rings is 1. The van der Waals surface area contributed by atoms with Crippen molar-refractivity contribution in [3.63, 3.8) is 0 Å². The first-order valence-corrected chi connectivity index (χ1v) is 21.9. The fourth-order valence-corrected chi connectivity index (χ4v) is 16.9. The lowest BCUT2D eigenvalue weighted by Crippen LogP contribution is -2.68. The third-order valence-corrected chi connectivity index (χ3v) is 20.5. The zero-order valence-electron chi connectivity index (χ0n) is 35.2. The molecule has 7 saturated carbocycles. The average Bonchev–Trinajstić information content (AvgIpc) is 3.39. The molecule has 2 amide bonds. The first-order chi connectivity index (χ1) is 24.8. The molecule has 0 aromatic heterocycles. The second-order valence-electron chi connectivity index (χ2n) is 21.7. The minimum atomic E-state index is -0.357. The maximum absolute atomic E-state index is 15.0. The highest BCUT2D eigenvalue weighted by molar-refractivity contribution is 5.86. The normalized spacial score (nSPS) is 50.9. The predicted molar refractivity (Wildman–Crippen MR) is 209 cm³/mol. The van der Waals surface area contributed by atoms with E-state index in [1.165, 1.54) is 31.3 Å². The minimum absolute atomic E-state index is 0.0259. The first-order valence-electron chi connectivity index (χ1n) is 21.9. The zero-order chi connectivity index (χ0) is 38.3. The summed E-state index contributed by atoms with van der Waals surface area (Å²) in [6.07, 6.45) is 11.9. The number of hydrogen-bond acceptors (Lipinski definition) is 5. The number of likely N-dealkylation sites (N-methyl/N-ethyl adjacent to an activating group) is 1. The van der Waals surface area contributed by atoms with Gasteiger partial charge in [0, 0.05) is 50.5 Å². The van der Waals surface area contributed by atoms with Crippen molar-refractivity contribution in [3.05, 3.63) is 12.2 Å². The standard InChI is InChI=1S/C46H73N3O4/c1-12-48-23-25-49(26-24-48)38(51)33-27-35(40(33,6)7)47-39(52)45-18-15-31(28(2)3)37(45)32-13-14-34-42(9,41(32,8)19-21-45)20-22-46-29(4)44(46,11)36(53-30(5)50)16-17-43(34,46)10/h29,31-37H,2,12-27H2,1,3-11H3,(H,47,52)/t29?,31-,32+,33-,34-,35-,36-,37+,41+,42+,43+,44?,45-,46-/m0/s1. The number of esters is 1. The Morgan fingerprint density at radius 2 is 1.49 bits per heavy atom. The lowest BCUT2D eigenvalue weighted by Gasteiger charge is -2.72. The van der Waals surface area contributed by atoms with E-state index in [0.29, 0.717) is 29.6 Å². The molecule has 1 spiro atoms. The van der Waals surface area contributed by atoms with Gasteiger partial charge in [-0.3, -0.25) is 14.4 Å². The fourth-order valence-electron chi connectivity index (χ4n) is 16.9. The molecule has 8 rings (SSSR count). The number of nitrogens with one attached hydrogen (secondary N) is 1. The molecule has 1 aliphatic heterocycles. The lowest BCUT2D eigenvalue weighted by atomic mass is 9.32. The molecule has 53 heavy (non-hydrogen) atoms. The van der Waals surface area contributed by atoms with E-state index in [2.05, 4.69) is 84.0 Å². The quantitative estimate of drug-likeness (QED) is 0.220. The van der Waals surface area contributed by atoms with Gasteiger partial charge in [0.25, 0.3) is 0 Å². The lowest BCUT2D eigenvalue weighted by molar-refractivity contribution is -0.239. The maximum atomic E-state index is 15.0. The molecule has 8 aliphatic rings.